The highest BCUT2D eigenvalue weighted by Gasteiger charge is 2.22. The lowest BCUT2D eigenvalue weighted by Gasteiger charge is -2.18. The number of hydrogen-bond donors (Lipinski definition) is 0. The number of aryl methyl sites for hydroxylation is 1. The molecule has 0 saturated carbocycles. The number of benzene rings is 2. The summed E-state index contributed by atoms with van der Waals surface area (Å²) < 4.78 is 0. The summed E-state index contributed by atoms with van der Waals surface area (Å²) in [6, 6.07) is 14.0. The largest absolute Gasteiger partial charge is 0.289 e. The summed E-state index contributed by atoms with van der Waals surface area (Å²) in [5.74, 6) is 0.167. The minimum atomic E-state index is 0.167. The molecule has 1 aliphatic rings. The summed E-state index contributed by atoms with van der Waals surface area (Å²) in [5, 5.41) is 0. The molecule has 1 aliphatic carbocycles. The van der Waals surface area contributed by atoms with Crippen molar-refractivity contribution >= 4 is 5.78 Å². The maximum absolute atomic E-state index is 12.3. The second-order valence-electron chi connectivity index (χ2n) is 4.32. The zero-order chi connectivity index (χ0) is 11.1. The fourth-order valence-electron chi connectivity index (χ4n) is 2.30. The Kier molecular flexibility index (Phi) is 1.93. The van der Waals surface area contributed by atoms with Crippen molar-refractivity contribution in [2.24, 2.45) is 0 Å². The van der Waals surface area contributed by atoms with Crippen molar-refractivity contribution in [2.45, 2.75) is 13.3 Å². The van der Waals surface area contributed by atoms with Gasteiger partial charge in [0.05, 0.1) is 0 Å². The van der Waals surface area contributed by atoms with Gasteiger partial charge in [-0.15, -0.1) is 0 Å². The van der Waals surface area contributed by atoms with Gasteiger partial charge in [-0.25, -0.2) is 0 Å². The molecule has 0 atom stereocenters. The van der Waals surface area contributed by atoms with Crippen LogP contribution < -0.4 is 0 Å². The Labute approximate surface area is 94.7 Å². The van der Waals surface area contributed by atoms with Crippen molar-refractivity contribution in [2.75, 3.05) is 0 Å². The molecule has 0 unspecified atom stereocenters. The topological polar surface area (TPSA) is 17.1 Å². The lowest BCUT2D eigenvalue weighted by Crippen LogP contribution is -2.14. The van der Waals surface area contributed by atoms with Gasteiger partial charge in [-0.05, 0) is 30.5 Å². The zero-order valence-electron chi connectivity index (χ0n) is 9.16. The van der Waals surface area contributed by atoms with Crippen LogP contribution in [0.15, 0.2) is 42.5 Å². The molecule has 0 saturated heterocycles. The third-order valence-electron chi connectivity index (χ3n) is 3.15. The maximum atomic E-state index is 12.3. The van der Waals surface area contributed by atoms with Crippen molar-refractivity contribution in [3.05, 3.63) is 70.3 Å². The van der Waals surface area contributed by atoms with Gasteiger partial charge in [0, 0.05) is 11.1 Å². The van der Waals surface area contributed by atoms with Crippen LogP contribution in [0.4, 0.5) is 0 Å². The van der Waals surface area contributed by atoms with Gasteiger partial charge in [-0.1, -0.05) is 42.0 Å². The first-order valence-corrected chi connectivity index (χ1v) is 5.48. The molecule has 0 heterocycles. The third kappa shape index (κ3) is 1.28. The predicted octanol–water partition coefficient (Wildman–Crippen LogP) is 3.13. The maximum Gasteiger partial charge on any atom is 0.193 e. The first-order valence-electron chi connectivity index (χ1n) is 5.48. The van der Waals surface area contributed by atoms with Gasteiger partial charge in [-0.2, -0.15) is 0 Å². The Morgan fingerprint density at radius 2 is 1.69 bits per heavy atom. The summed E-state index contributed by atoms with van der Waals surface area (Å²) in [5.41, 5.74) is 5.17. The van der Waals surface area contributed by atoms with Crippen LogP contribution in [-0.4, -0.2) is 5.78 Å². The molecule has 0 aliphatic heterocycles. The highest BCUT2D eigenvalue weighted by molar-refractivity contribution is 6.12. The molecule has 0 aromatic heterocycles. The lowest BCUT2D eigenvalue weighted by molar-refractivity contribution is 0.103. The SMILES string of the molecule is Cc1ccc2c(c1)C(=O)c1ccccc1C2. The summed E-state index contributed by atoms with van der Waals surface area (Å²) in [7, 11) is 0. The Balaban J connectivity index is 2.23. The number of carbonyl (C=O) groups excluding carboxylic acids is 1. The minimum Gasteiger partial charge on any atom is -0.289 e. The standard InChI is InChI=1S/C15H12O/c1-10-6-7-12-9-11-4-2-3-5-13(11)15(16)14(12)8-10/h2-8H,9H2,1H3. The molecule has 0 spiro atoms. The second kappa shape index (κ2) is 3.31. The molecule has 2 aromatic rings. The Morgan fingerprint density at radius 3 is 2.56 bits per heavy atom. The number of rotatable bonds is 0. The monoisotopic (exact) mass is 208 g/mol. The van der Waals surface area contributed by atoms with Gasteiger partial charge < -0.3 is 0 Å². The van der Waals surface area contributed by atoms with Crippen LogP contribution in [0.5, 0.6) is 0 Å². The van der Waals surface area contributed by atoms with Crippen LogP contribution in [0.2, 0.25) is 0 Å². The fraction of sp³-hybridized carbons (Fsp3) is 0.133. The zero-order valence-corrected chi connectivity index (χ0v) is 9.16. The van der Waals surface area contributed by atoms with E-state index in [0.717, 1.165) is 34.2 Å². The van der Waals surface area contributed by atoms with Crippen LogP contribution >= 0.6 is 0 Å². The minimum absolute atomic E-state index is 0.167. The average Bonchev–Trinajstić information content (AvgIpc) is 2.31. The molecule has 0 N–H and O–H groups in total. The molecule has 78 valence electrons. The number of ketones is 1. The van der Waals surface area contributed by atoms with E-state index in [1.807, 2.05) is 37.3 Å². The van der Waals surface area contributed by atoms with E-state index < -0.39 is 0 Å². The first-order chi connectivity index (χ1) is 7.75. The average molecular weight is 208 g/mol. The van der Waals surface area contributed by atoms with E-state index in [-0.39, 0.29) is 5.78 Å². The van der Waals surface area contributed by atoms with Gasteiger partial charge in [0.1, 0.15) is 0 Å². The molecule has 3 rings (SSSR count). The van der Waals surface area contributed by atoms with E-state index >= 15 is 0 Å². The summed E-state index contributed by atoms with van der Waals surface area (Å²) >= 11 is 0. The highest BCUT2D eigenvalue weighted by atomic mass is 16.1. The number of fused-ring (bicyclic) bond motifs is 2. The molecular formula is C15H12O. The van der Waals surface area contributed by atoms with Crippen LogP contribution in [0.25, 0.3) is 0 Å². The number of hydrogen-bond acceptors (Lipinski definition) is 1. The summed E-state index contributed by atoms with van der Waals surface area (Å²) in [4.78, 5) is 12.3. The van der Waals surface area contributed by atoms with Gasteiger partial charge in [0.15, 0.2) is 5.78 Å². The molecule has 0 bridgehead atoms. The third-order valence-corrected chi connectivity index (χ3v) is 3.15. The van der Waals surface area contributed by atoms with Crippen LogP contribution in [0, 0.1) is 6.92 Å². The summed E-state index contributed by atoms with van der Waals surface area (Å²) in [6.07, 6.45) is 0.873. The molecular weight excluding hydrogens is 196 g/mol. The second-order valence-corrected chi connectivity index (χ2v) is 4.32. The quantitative estimate of drug-likeness (QED) is 0.554. The van der Waals surface area contributed by atoms with Gasteiger partial charge in [0.2, 0.25) is 0 Å². The molecule has 0 fully saturated rings. The predicted molar refractivity (Wildman–Crippen MR) is 63.9 cm³/mol. The molecule has 0 amide bonds. The Hall–Kier alpha value is -1.89. The van der Waals surface area contributed by atoms with Crippen molar-refractivity contribution in [1.29, 1.82) is 0 Å². The van der Waals surface area contributed by atoms with Crippen LogP contribution in [-0.2, 0) is 6.42 Å². The van der Waals surface area contributed by atoms with Crippen molar-refractivity contribution in [3.63, 3.8) is 0 Å². The highest BCUT2D eigenvalue weighted by Crippen LogP contribution is 2.27. The molecule has 0 radical (unpaired) electrons. The Morgan fingerprint density at radius 1 is 0.938 bits per heavy atom. The molecule has 1 nitrogen and oxygen atoms in total. The molecule has 16 heavy (non-hydrogen) atoms. The summed E-state index contributed by atoms with van der Waals surface area (Å²) in [6.45, 7) is 2.02. The van der Waals surface area contributed by atoms with Crippen molar-refractivity contribution in [3.8, 4) is 0 Å². The smallest absolute Gasteiger partial charge is 0.193 e. The Bertz CT molecular complexity index is 582. The normalized spacial score (nSPS) is 13.2. The molecule has 2 aromatic carbocycles. The van der Waals surface area contributed by atoms with E-state index in [9.17, 15) is 4.79 Å². The van der Waals surface area contributed by atoms with E-state index in [2.05, 4.69) is 12.1 Å². The van der Waals surface area contributed by atoms with Gasteiger partial charge >= 0.3 is 0 Å². The molecule has 1 heteroatoms. The lowest BCUT2D eigenvalue weighted by atomic mass is 9.84. The first kappa shape index (κ1) is 9.34. The van der Waals surface area contributed by atoms with Crippen molar-refractivity contribution < 1.29 is 4.79 Å². The van der Waals surface area contributed by atoms with E-state index in [4.69, 9.17) is 0 Å². The van der Waals surface area contributed by atoms with E-state index in [1.54, 1.807) is 0 Å². The van der Waals surface area contributed by atoms with Crippen LogP contribution in [0.1, 0.15) is 32.6 Å². The van der Waals surface area contributed by atoms with Gasteiger partial charge in [-0.3, -0.25) is 4.79 Å². The van der Waals surface area contributed by atoms with E-state index in [0.29, 0.717) is 0 Å². The van der Waals surface area contributed by atoms with Gasteiger partial charge in [0.25, 0.3) is 0 Å². The van der Waals surface area contributed by atoms with Crippen molar-refractivity contribution in [1.82, 2.24) is 0 Å². The van der Waals surface area contributed by atoms with Crippen LogP contribution in [0.3, 0.4) is 0 Å². The number of carbonyl (C=O) groups is 1. The fourth-order valence-corrected chi connectivity index (χ4v) is 2.30. The van der Waals surface area contributed by atoms with E-state index in [1.165, 1.54) is 0 Å².